The number of aryl methyl sites for hydroxylation is 1. The molecule has 122 valence electrons. The van der Waals surface area contributed by atoms with Crippen molar-refractivity contribution >= 4 is 0 Å². The van der Waals surface area contributed by atoms with Gasteiger partial charge in [-0.15, -0.1) is 0 Å². The topological polar surface area (TPSA) is 38.5 Å². The molecule has 3 rings (SSSR count). The number of fused-ring (bicyclic) bond motifs is 1. The molecule has 3 heteroatoms. The minimum absolute atomic E-state index is 0.0998. The fourth-order valence-electron chi connectivity index (χ4n) is 4.31. The van der Waals surface area contributed by atoms with Gasteiger partial charge in [0.15, 0.2) is 0 Å². The van der Waals surface area contributed by atoms with Gasteiger partial charge in [-0.2, -0.15) is 0 Å². The minimum Gasteiger partial charge on any atom is -0.493 e. The van der Waals surface area contributed by atoms with Crippen LogP contribution in [0.25, 0.3) is 0 Å². The second-order valence-corrected chi connectivity index (χ2v) is 7.45. The SMILES string of the molecule is CCc1cccc2c1OCC(CN1CC(C)CC(C)C1)C2N. The Morgan fingerprint density at radius 3 is 2.64 bits per heavy atom. The van der Waals surface area contributed by atoms with E-state index in [9.17, 15) is 0 Å². The molecule has 2 aliphatic heterocycles. The molecule has 0 radical (unpaired) electrons. The summed E-state index contributed by atoms with van der Waals surface area (Å²) in [5, 5.41) is 0. The highest BCUT2D eigenvalue weighted by Crippen LogP contribution is 2.37. The second-order valence-electron chi connectivity index (χ2n) is 7.45. The van der Waals surface area contributed by atoms with E-state index in [4.69, 9.17) is 10.5 Å². The molecule has 0 aromatic heterocycles. The van der Waals surface area contributed by atoms with Gasteiger partial charge in [-0.1, -0.05) is 39.0 Å². The van der Waals surface area contributed by atoms with Crippen LogP contribution >= 0.6 is 0 Å². The van der Waals surface area contributed by atoms with Gasteiger partial charge in [0.25, 0.3) is 0 Å². The van der Waals surface area contributed by atoms with E-state index in [1.165, 1.54) is 30.6 Å². The molecule has 1 aromatic rings. The van der Waals surface area contributed by atoms with Gasteiger partial charge in [-0.3, -0.25) is 0 Å². The number of hydrogen-bond donors (Lipinski definition) is 1. The number of nitrogens with two attached hydrogens (primary N) is 1. The van der Waals surface area contributed by atoms with E-state index in [-0.39, 0.29) is 6.04 Å². The lowest BCUT2D eigenvalue weighted by Gasteiger charge is -2.40. The van der Waals surface area contributed by atoms with E-state index in [2.05, 4.69) is 43.9 Å². The van der Waals surface area contributed by atoms with Gasteiger partial charge in [0.1, 0.15) is 5.75 Å². The molecular weight excluding hydrogens is 272 g/mol. The summed E-state index contributed by atoms with van der Waals surface area (Å²) in [4.78, 5) is 2.60. The third-order valence-corrected chi connectivity index (χ3v) is 5.25. The summed E-state index contributed by atoms with van der Waals surface area (Å²) in [6.45, 7) is 11.1. The van der Waals surface area contributed by atoms with E-state index in [0.29, 0.717) is 5.92 Å². The van der Waals surface area contributed by atoms with Crippen molar-refractivity contribution in [3.63, 3.8) is 0 Å². The third-order valence-electron chi connectivity index (χ3n) is 5.25. The molecule has 1 saturated heterocycles. The van der Waals surface area contributed by atoms with Gasteiger partial charge in [-0.05, 0) is 30.2 Å². The van der Waals surface area contributed by atoms with Crippen LogP contribution in [0.15, 0.2) is 18.2 Å². The molecule has 2 N–H and O–H groups in total. The average molecular weight is 302 g/mol. The molecule has 1 aromatic carbocycles. The first-order valence-corrected chi connectivity index (χ1v) is 8.81. The lowest BCUT2D eigenvalue weighted by Crippen LogP contribution is -2.45. The average Bonchev–Trinajstić information content (AvgIpc) is 2.48. The highest BCUT2D eigenvalue weighted by atomic mass is 16.5. The van der Waals surface area contributed by atoms with Crippen LogP contribution in [-0.4, -0.2) is 31.1 Å². The van der Waals surface area contributed by atoms with Crippen molar-refractivity contribution in [3.05, 3.63) is 29.3 Å². The van der Waals surface area contributed by atoms with Crippen molar-refractivity contribution in [3.8, 4) is 5.75 Å². The van der Waals surface area contributed by atoms with Crippen LogP contribution < -0.4 is 10.5 Å². The van der Waals surface area contributed by atoms with E-state index in [1.807, 2.05) is 0 Å². The zero-order valence-corrected chi connectivity index (χ0v) is 14.2. The van der Waals surface area contributed by atoms with E-state index >= 15 is 0 Å². The highest BCUT2D eigenvalue weighted by molar-refractivity contribution is 5.45. The number of hydrogen-bond acceptors (Lipinski definition) is 3. The van der Waals surface area contributed by atoms with E-state index in [0.717, 1.165) is 37.2 Å². The van der Waals surface area contributed by atoms with Crippen LogP contribution in [0.3, 0.4) is 0 Å². The maximum absolute atomic E-state index is 6.59. The molecule has 0 aliphatic carbocycles. The molecule has 4 atom stereocenters. The molecule has 0 amide bonds. The van der Waals surface area contributed by atoms with Crippen molar-refractivity contribution in [1.82, 2.24) is 4.90 Å². The van der Waals surface area contributed by atoms with Crippen LogP contribution in [0.4, 0.5) is 0 Å². The maximum Gasteiger partial charge on any atom is 0.127 e. The van der Waals surface area contributed by atoms with Gasteiger partial charge in [0.2, 0.25) is 0 Å². The van der Waals surface area contributed by atoms with Crippen LogP contribution in [0.1, 0.15) is 44.4 Å². The smallest absolute Gasteiger partial charge is 0.127 e. The van der Waals surface area contributed by atoms with Crippen molar-refractivity contribution in [2.45, 2.75) is 39.7 Å². The standard InChI is InChI=1S/C19H30N2O/c1-4-15-6-5-7-17-18(20)16(12-22-19(15)17)11-21-9-13(2)8-14(3)10-21/h5-7,13-14,16,18H,4,8-12,20H2,1-3H3. The third kappa shape index (κ3) is 3.16. The summed E-state index contributed by atoms with van der Waals surface area (Å²) in [6.07, 6.45) is 2.36. The summed E-state index contributed by atoms with van der Waals surface area (Å²) in [5.41, 5.74) is 9.08. The normalized spacial score (nSPS) is 32.4. The van der Waals surface area contributed by atoms with Gasteiger partial charge < -0.3 is 15.4 Å². The number of likely N-dealkylation sites (tertiary alicyclic amines) is 1. The number of nitrogens with zero attached hydrogens (tertiary/aromatic N) is 1. The quantitative estimate of drug-likeness (QED) is 0.931. The number of ether oxygens (including phenoxy) is 1. The van der Waals surface area contributed by atoms with Crippen molar-refractivity contribution in [2.75, 3.05) is 26.2 Å². The number of benzene rings is 1. The molecule has 2 heterocycles. The molecule has 0 bridgehead atoms. The summed E-state index contributed by atoms with van der Waals surface area (Å²) in [6, 6.07) is 6.52. The number of rotatable bonds is 3. The summed E-state index contributed by atoms with van der Waals surface area (Å²) < 4.78 is 6.12. The molecule has 3 nitrogen and oxygen atoms in total. The van der Waals surface area contributed by atoms with Crippen LogP contribution in [-0.2, 0) is 6.42 Å². The Labute approximate surface area is 134 Å². The second kappa shape index (κ2) is 6.59. The van der Waals surface area contributed by atoms with Crippen LogP contribution in [0, 0.1) is 17.8 Å². The molecule has 22 heavy (non-hydrogen) atoms. The zero-order valence-electron chi connectivity index (χ0n) is 14.2. The zero-order chi connectivity index (χ0) is 15.7. The Kier molecular flexibility index (Phi) is 4.74. The van der Waals surface area contributed by atoms with Crippen LogP contribution in [0.5, 0.6) is 5.75 Å². The molecule has 0 spiro atoms. The van der Waals surface area contributed by atoms with Crippen molar-refractivity contribution in [2.24, 2.45) is 23.5 Å². The molecule has 0 saturated carbocycles. The predicted molar refractivity (Wildman–Crippen MR) is 91.1 cm³/mol. The summed E-state index contributed by atoms with van der Waals surface area (Å²) in [7, 11) is 0. The lowest BCUT2D eigenvalue weighted by atomic mass is 9.87. The van der Waals surface area contributed by atoms with Gasteiger partial charge >= 0.3 is 0 Å². The first-order chi connectivity index (χ1) is 10.6. The lowest BCUT2D eigenvalue weighted by molar-refractivity contribution is 0.0880. The van der Waals surface area contributed by atoms with E-state index in [1.54, 1.807) is 0 Å². The Hall–Kier alpha value is -1.06. The number of para-hydroxylation sites is 1. The van der Waals surface area contributed by atoms with Crippen molar-refractivity contribution in [1.29, 1.82) is 0 Å². The van der Waals surface area contributed by atoms with E-state index < -0.39 is 0 Å². The Morgan fingerprint density at radius 1 is 1.23 bits per heavy atom. The fraction of sp³-hybridized carbons (Fsp3) is 0.684. The highest BCUT2D eigenvalue weighted by Gasteiger charge is 2.32. The van der Waals surface area contributed by atoms with Crippen LogP contribution in [0.2, 0.25) is 0 Å². The monoisotopic (exact) mass is 302 g/mol. The van der Waals surface area contributed by atoms with Gasteiger partial charge in [-0.25, -0.2) is 0 Å². The largest absolute Gasteiger partial charge is 0.493 e. The Morgan fingerprint density at radius 2 is 1.95 bits per heavy atom. The Balaban J connectivity index is 1.71. The fourth-order valence-corrected chi connectivity index (χ4v) is 4.31. The van der Waals surface area contributed by atoms with Gasteiger partial charge in [0.05, 0.1) is 6.61 Å². The number of piperidine rings is 1. The van der Waals surface area contributed by atoms with Crippen molar-refractivity contribution < 1.29 is 4.74 Å². The molecule has 4 unspecified atom stereocenters. The van der Waals surface area contributed by atoms with Gasteiger partial charge in [0, 0.05) is 37.2 Å². The Bertz CT molecular complexity index is 506. The molecule has 2 aliphatic rings. The minimum atomic E-state index is 0.0998. The predicted octanol–water partition coefficient (Wildman–Crippen LogP) is 3.24. The first-order valence-electron chi connectivity index (χ1n) is 8.81. The molecular formula is C19H30N2O. The maximum atomic E-state index is 6.59. The summed E-state index contributed by atoms with van der Waals surface area (Å²) in [5.74, 6) is 3.04. The first kappa shape index (κ1) is 15.8. The summed E-state index contributed by atoms with van der Waals surface area (Å²) >= 11 is 0. The molecule has 1 fully saturated rings.